The summed E-state index contributed by atoms with van der Waals surface area (Å²) in [6.45, 7) is 3.66. The molecule has 3 aromatic heterocycles. The number of methoxy groups -OCH3 is 1. The fourth-order valence-electron chi connectivity index (χ4n) is 2.71. The van der Waals surface area contributed by atoms with E-state index in [1.165, 1.54) is 12.8 Å². The van der Waals surface area contributed by atoms with E-state index in [0.29, 0.717) is 41.4 Å². The Morgan fingerprint density at radius 2 is 2.11 bits per heavy atom. The second-order valence-electron chi connectivity index (χ2n) is 6.87. The lowest BCUT2D eigenvalue weighted by Crippen LogP contribution is -2.15. The number of anilines is 2. The summed E-state index contributed by atoms with van der Waals surface area (Å²) in [6.07, 6.45) is 8.00. The van der Waals surface area contributed by atoms with Crippen LogP contribution in [0.5, 0.6) is 11.8 Å². The minimum absolute atomic E-state index is 0.435. The lowest BCUT2D eigenvalue weighted by Gasteiger charge is -2.11. The average molecular weight is 383 g/mol. The van der Waals surface area contributed by atoms with Crippen LogP contribution in [-0.2, 0) is 0 Å². The first-order valence-electron chi connectivity index (χ1n) is 9.65. The van der Waals surface area contributed by atoms with E-state index >= 15 is 0 Å². The van der Waals surface area contributed by atoms with Crippen molar-refractivity contribution in [1.82, 2.24) is 24.6 Å². The van der Waals surface area contributed by atoms with Crippen LogP contribution in [0.15, 0.2) is 24.7 Å². The van der Waals surface area contributed by atoms with Gasteiger partial charge in [-0.15, -0.1) is 0 Å². The van der Waals surface area contributed by atoms with Gasteiger partial charge in [-0.2, -0.15) is 9.97 Å². The number of nitrogens with one attached hydrogen (secondary N) is 2. The molecule has 0 aliphatic heterocycles. The molecule has 4 rings (SSSR count). The van der Waals surface area contributed by atoms with Crippen molar-refractivity contribution in [2.24, 2.45) is 5.92 Å². The summed E-state index contributed by atoms with van der Waals surface area (Å²) in [4.78, 5) is 17.8. The Balaban J connectivity index is 1.62. The largest absolute Gasteiger partial charge is 0.481 e. The molecular formula is C19H25N7O2. The fourth-order valence-corrected chi connectivity index (χ4v) is 2.71. The maximum atomic E-state index is 5.97. The number of rotatable bonds is 10. The second kappa shape index (κ2) is 8.28. The molecule has 1 saturated carbocycles. The number of fused-ring (bicyclic) bond motifs is 1. The van der Waals surface area contributed by atoms with Gasteiger partial charge >= 0.3 is 0 Å². The minimum atomic E-state index is 0.435. The highest BCUT2D eigenvalue weighted by Crippen LogP contribution is 2.31. The maximum Gasteiger partial charge on any atom is 0.247 e. The van der Waals surface area contributed by atoms with Gasteiger partial charge in [-0.3, -0.25) is 0 Å². The zero-order valence-electron chi connectivity index (χ0n) is 16.2. The van der Waals surface area contributed by atoms with Crippen LogP contribution in [0.3, 0.4) is 0 Å². The van der Waals surface area contributed by atoms with Crippen LogP contribution >= 0.6 is 0 Å². The van der Waals surface area contributed by atoms with Crippen molar-refractivity contribution in [3.8, 4) is 11.8 Å². The molecule has 3 heterocycles. The smallest absolute Gasteiger partial charge is 0.247 e. The van der Waals surface area contributed by atoms with Crippen LogP contribution in [0.1, 0.15) is 32.6 Å². The summed E-state index contributed by atoms with van der Waals surface area (Å²) in [5.74, 6) is 2.10. The van der Waals surface area contributed by atoms with E-state index in [9.17, 15) is 0 Å². The molecule has 2 N–H and O–H groups in total. The van der Waals surface area contributed by atoms with E-state index in [0.717, 1.165) is 25.1 Å². The van der Waals surface area contributed by atoms with Crippen LogP contribution in [0.2, 0.25) is 0 Å². The lowest BCUT2D eigenvalue weighted by atomic mass is 10.3. The van der Waals surface area contributed by atoms with Gasteiger partial charge in [-0.05, 0) is 31.2 Å². The van der Waals surface area contributed by atoms with Crippen LogP contribution in [0.4, 0.5) is 11.6 Å². The third-order valence-corrected chi connectivity index (χ3v) is 4.53. The van der Waals surface area contributed by atoms with E-state index in [1.54, 1.807) is 25.7 Å². The van der Waals surface area contributed by atoms with Crippen molar-refractivity contribution in [2.45, 2.75) is 32.6 Å². The first-order valence-corrected chi connectivity index (χ1v) is 9.65. The van der Waals surface area contributed by atoms with Crippen molar-refractivity contribution in [3.05, 3.63) is 24.7 Å². The molecule has 1 fully saturated rings. The normalized spacial score (nSPS) is 13.5. The summed E-state index contributed by atoms with van der Waals surface area (Å²) in [7, 11) is 1.59. The Kier molecular flexibility index (Phi) is 5.41. The van der Waals surface area contributed by atoms with Gasteiger partial charge in [-0.25, -0.2) is 14.6 Å². The van der Waals surface area contributed by atoms with Gasteiger partial charge in [0.2, 0.25) is 17.7 Å². The SMILES string of the molecule is CCCCNn1cnc2c(OCC3CC3)nc(Nc3ccc(OC)nc3)nc21. The average Bonchev–Trinajstić information content (AvgIpc) is 3.47. The Bertz CT molecular complexity index is 922. The molecule has 9 heteroatoms. The number of imidazole rings is 1. The van der Waals surface area contributed by atoms with Crippen LogP contribution in [-0.4, -0.2) is 44.9 Å². The standard InChI is InChI=1S/C19H25N7O2/c1-3-4-9-22-26-12-21-16-17(26)24-19(25-18(16)28-11-13-5-6-13)23-14-7-8-15(27-2)20-10-14/h7-8,10,12-13,22H,3-6,9,11H2,1-2H3,(H,23,24,25). The summed E-state index contributed by atoms with van der Waals surface area (Å²) in [5, 5.41) is 3.19. The molecule has 148 valence electrons. The molecule has 3 aromatic rings. The fraction of sp³-hybridized carbons (Fsp3) is 0.474. The number of aromatic nitrogens is 5. The topological polar surface area (TPSA) is 99.0 Å². The monoisotopic (exact) mass is 383 g/mol. The number of ether oxygens (including phenoxy) is 2. The molecule has 0 radical (unpaired) electrons. The molecule has 1 aliphatic rings. The molecule has 1 aliphatic carbocycles. The molecule has 0 amide bonds. The Morgan fingerprint density at radius 1 is 1.21 bits per heavy atom. The summed E-state index contributed by atoms with van der Waals surface area (Å²) in [5.41, 5.74) is 5.43. The molecule has 28 heavy (non-hydrogen) atoms. The Labute approximate surface area is 163 Å². The number of unbranched alkanes of at least 4 members (excludes halogenated alkanes) is 1. The molecule has 0 saturated heterocycles. The van der Waals surface area contributed by atoms with Crippen LogP contribution in [0, 0.1) is 5.92 Å². The maximum absolute atomic E-state index is 5.97. The highest BCUT2D eigenvalue weighted by atomic mass is 16.5. The Morgan fingerprint density at radius 3 is 2.82 bits per heavy atom. The number of hydrogen-bond donors (Lipinski definition) is 2. The van der Waals surface area contributed by atoms with Gasteiger partial charge in [0.1, 0.15) is 6.33 Å². The highest BCUT2D eigenvalue weighted by Gasteiger charge is 2.23. The van der Waals surface area contributed by atoms with Crippen molar-refractivity contribution in [3.63, 3.8) is 0 Å². The predicted octanol–water partition coefficient (Wildman–Crippen LogP) is 3.11. The van der Waals surface area contributed by atoms with E-state index < -0.39 is 0 Å². The third-order valence-electron chi connectivity index (χ3n) is 4.53. The van der Waals surface area contributed by atoms with Crippen LogP contribution in [0.25, 0.3) is 11.2 Å². The molecule has 0 aromatic carbocycles. The van der Waals surface area contributed by atoms with E-state index in [1.807, 2.05) is 10.7 Å². The molecule has 0 spiro atoms. The van der Waals surface area contributed by atoms with Gasteiger partial charge < -0.3 is 20.2 Å². The first kappa shape index (κ1) is 18.3. The summed E-state index contributed by atoms with van der Waals surface area (Å²) < 4.78 is 12.9. The minimum Gasteiger partial charge on any atom is -0.481 e. The molecular weight excluding hydrogens is 358 g/mol. The number of pyridine rings is 1. The Hall–Kier alpha value is -3.10. The molecule has 9 nitrogen and oxygen atoms in total. The molecule has 0 unspecified atom stereocenters. The molecule has 0 atom stereocenters. The quantitative estimate of drug-likeness (QED) is 0.515. The van der Waals surface area contributed by atoms with Gasteiger partial charge in [-0.1, -0.05) is 13.3 Å². The zero-order chi connectivity index (χ0) is 19.3. The third kappa shape index (κ3) is 4.24. The highest BCUT2D eigenvalue weighted by molar-refractivity contribution is 5.78. The van der Waals surface area contributed by atoms with Gasteiger partial charge in [0, 0.05) is 12.6 Å². The van der Waals surface area contributed by atoms with Crippen molar-refractivity contribution in [1.29, 1.82) is 0 Å². The van der Waals surface area contributed by atoms with Gasteiger partial charge in [0.15, 0.2) is 11.2 Å². The van der Waals surface area contributed by atoms with Crippen molar-refractivity contribution < 1.29 is 9.47 Å². The predicted molar refractivity (Wildman–Crippen MR) is 107 cm³/mol. The summed E-state index contributed by atoms with van der Waals surface area (Å²) in [6, 6.07) is 3.64. The van der Waals surface area contributed by atoms with Crippen LogP contribution < -0.4 is 20.2 Å². The van der Waals surface area contributed by atoms with E-state index in [-0.39, 0.29) is 0 Å². The number of nitrogens with zero attached hydrogens (tertiary/aromatic N) is 5. The number of hydrogen-bond acceptors (Lipinski definition) is 8. The van der Waals surface area contributed by atoms with Gasteiger partial charge in [0.25, 0.3) is 0 Å². The zero-order valence-corrected chi connectivity index (χ0v) is 16.2. The van der Waals surface area contributed by atoms with E-state index in [4.69, 9.17) is 9.47 Å². The lowest BCUT2D eigenvalue weighted by molar-refractivity contribution is 0.292. The van der Waals surface area contributed by atoms with Crippen molar-refractivity contribution in [2.75, 3.05) is 31.0 Å². The molecule has 0 bridgehead atoms. The van der Waals surface area contributed by atoms with Crippen molar-refractivity contribution >= 4 is 22.8 Å². The second-order valence-corrected chi connectivity index (χ2v) is 6.87. The first-order chi connectivity index (χ1) is 13.8. The summed E-state index contributed by atoms with van der Waals surface area (Å²) >= 11 is 0. The van der Waals surface area contributed by atoms with Gasteiger partial charge in [0.05, 0.1) is 25.6 Å². The van der Waals surface area contributed by atoms with E-state index in [2.05, 4.69) is 37.6 Å².